The Balaban J connectivity index is 1.41. The molecule has 1 saturated carbocycles. The van der Waals surface area contributed by atoms with E-state index in [1.54, 1.807) is 6.20 Å². The first kappa shape index (κ1) is 18.0. The number of hydrogen-bond donors (Lipinski definition) is 0. The van der Waals surface area contributed by atoms with Crippen LogP contribution in [0.5, 0.6) is 0 Å². The van der Waals surface area contributed by atoms with Gasteiger partial charge in [-0.15, -0.1) is 0 Å². The molecule has 0 bridgehead atoms. The highest BCUT2D eigenvalue weighted by molar-refractivity contribution is 6.05. The van der Waals surface area contributed by atoms with E-state index < -0.39 is 6.37 Å². The van der Waals surface area contributed by atoms with Crippen molar-refractivity contribution in [3.8, 4) is 22.5 Å². The second kappa shape index (κ2) is 8.15. The molecule has 33 heavy (non-hydrogen) atoms. The Morgan fingerprint density at radius 2 is 1.73 bits per heavy atom. The maximum atomic E-state index is 8.77. The van der Waals surface area contributed by atoms with Gasteiger partial charge in [0.15, 0.2) is 0 Å². The summed E-state index contributed by atoms with van der Waals surface area (Å²) in [5.74, 6) is 0.0789. The molecule has 3 aromatic heterocycles. The number of aryl methyl sites for hydroxylation is 2. The molecular formula is C30H28N2O. The van der Waals surface area contributed by atoms with Gasteiger partial charge in [-0.1, -0.05) is 43.9 Å². The normalized spacial score (nSPS) is 15.8. The highest BCUT2D eigenvalue weighted by atomic mass is 16.3. The summed E-state index contributed by atoms with van der Waals surface area (Å²) in [6.07, 6.45) is 4.53. The third-order valence-corrected chi connectivity index (χ3v) is 6.86. The Morgan fingerprint density at radius 1 is 0.909 bits per heavy atom. The molecule has 3 nitrogen and oxygen atoms in total. The van der Waals surface area contributed by atoms with Crippen LogP contribution in [0.4, 0.5) is 0 Å². The Kier molecular flexibility index (Phi) is 4.45. The molecular weight excluding hydrogens is 404 g/mol. The first-order chi connectivity index (χ1) is 16.9. The van der Waals surface area contributed by atoms with E-state index >= 15 is 0 Å². The number of fused-ring (bicyclic) bond motifs is 3. The number of nitrogens with zero attached hydrogens (tertiary/aromatic N) is 2. The number of pyridine rings is 2. The van der Waals surface area contributed by atoms with Crippen LogP contribution in [0.25, 0.3) is 44.6 Å². The van der Waals surface area contributed by atoms with Crippen molar-refractivity contribution < 1.29 is 7.16 Å². The van der Waals surface area contributed by atoms with Crippen LogP contribution in [0, 0.1) is 19.8 Å². The summed E-state index contributed by atoms with van der Waals surface area (Å²) < 4.78 is 23.7. The van der Waals surface area contributed by atoms with Gasteiger partial charge in [-0.05, 0) is 85.3 Å². The molecule has 3 heteroatoms. The van der Waals surface area contributed by atoms with Crippen molar-refractivity contribution in [2.24, 2.45) is 5.92 Å². The van der Waals surface area contributed by atoms with Crippen LogP contribution in [0.3, 0.4) is 0 Å². The van der Waals surface area contributed by atoms with Gasteiger partial charge in [0.05, 0.1) is 11.4 Å². The van der Waals surface area contributed by atoms with Gasteiger partial charge in [0, 0.05) is 30.8 Å². The SMILES string of the molecule is [2H]C([2H])(c1ccnc(-c2ccc3oc4nc(-c5c(C)cccc5C)ccc4c3c2)c1)C1CCCC1. The standard InChI is InChI=1S/C30H28N2O/c1-19-6-5-7-20(2)29(19)26-12-11-24-25-18-23(10-13-28(25)33-30(24)32-26)27-17-22(14-15-31-27)16-21-8-3-4-9-21/h5-7,10-15,17-18,21H,3-4,8-9,16H2,1-2H3/i16D2. The number of aromatic nitrogens is 2. The van der Waals surface area contributed by atoms with Gasteiger partial charge in [-0.25, -0.2) is 4.98 Å². The molecule has 0 spiro atoms. The molecule has 3 heterocycles. The van der Waals surface area contributed by atoms with Crippen molar-refractivity contribution >= 4 is 22.1 Å². The molecule has 6 rings (SSSR count). The molecule has 1 aliphatic carbocycles. The molecule has 5 aromatic rings. The van der Waals surface area contributed by atoms with E-state index in [1.165, 1.54) is 11.1 Å². The molecule has 164 valence electrons. The largest absolute Gasteiger partial charge is 0.438 e. The molecule has 0 aliphatic heterocycles. The number of hydrogen-bond acceptors (Lipinski definition) is 3. The Morgan fingerprint density at radius 3 is 2.55 bits per heavy atom. The van der Waals surface area contributed by atoms with Gasteiger partial charge in [-0.2, -0.15) is 0 Å². The molecule has 0 N–H and O–H groups in total. The van der Waals surface area contributed by atoms with Crippen LogP contribution in [0.15, 0.2) is 71.3 Å². The van der Waals surface area contributed by atoms with E-state index in [4.69, 9.17) is 12.1 Å². The summed E-state index contributed by atoms with van der Waals surface area (Å²) in [4.78, 5) is 9.45. The van der Waals surface area contributed by atoms with E-state index in [1.807, 2.05) is 24.3 Å². The van der Waals surface area contributed by atoms with Gasteiger partial charge >= 0.3 is 0 Å². The Hall–Kier alpha value is -3.46. The topological polar surface area (TPSA) is 38.9 Å². The maximum absolute atomic E-state index is 8.77. The fourth-order valence-electron chi connectivity index (χ4n) is 5.16. The zero-order chi connectivity index (χ0) is 24.2. The summed E-state index contributed by atoms with van der Waals surface area (Å²) in [5.41, 5.74) is 8.29. The lowest BCUT2D eigenvalue weighted by atomic mass is 9.97. The lowest BCUT2D eigenvalue weighted by Crippen LogP contribution is -1.99. The predicted octanol–water partition coefficient (Wildman–Crippen LogP) is 8.06. The van der Waals surface area contributed by atoms with E-state index in [-0.39, 0.29) is 5.92 Å². The van der Waals surface area contributed by atoms with Crippen molar-refractivity contribution in [2.45, 2.75) is 45.9 Å². The van der Waals surface area contributed by atoms with Crippen molar-refractivity contribution in [3.63, 3.8) is 0 Å². The van der Waals surface area contributed by atoms with Gasteiger partial charge in [-0.3, -0.25) is 4.98 Å². The summed E-state index contributed by atoms with van der Waals surface area (Å²) in [6, 6.07) is 20.2. The minimum atomic E-state index is -1.34. The average molecular weight is 435 g/mol. The summed E-state index contributed by atoms with van der Waals surface area (Å²) >= 11 is 0. The Labute approximate surface area is 197 Å². The summed E-state index contributed by atoms with van der Waals surface area (Å²) in [7, 11) is 0. The van der Waals surface area contributed by atoms with Gasteiger partial charge in [0.1, 0.15) is 5.58 Å². The van der Waals surface area contributed by atoms with Gasteiger partial charge in [0.2, 0.25) is 5.71 Å². The van der Waals surface area contributed by atoms with Crippen molar-refractivity contribution in [1.82, 2.24) is 9.97 Å². The van der Waals surface area contributed by atoms with Crippen LogP contribution < -0.4 is 0 Å². The van der Waals surface area contributed by atoms with Crippen LogP contribution in [0.1, 0.15) is 45.1 Å². The second-order valence-corrected chi connectivity index (χ2v) is 9.18. The van der Waals surface area contributed by atoms with E-state index in [0.717, 1.165) is 64.6 Å². The molecule has 0 saturated heterocycles. The molecule has 1 fully saturated rings. The molecule has 1 aliphatic rings. The van der Waals surface area contributed by atoms with Crippen molar-refractivity contribution in [3.05, 3.63) is 83.6 Å². The zero-order valence-electron chi connectivity index (χ0n) is 21.1. The first-order valence-electron chi connectivity index (χ1n) is 12.8. The quantitative estimate of drug-likeness (QED) is 0.287. The highest BCUT2D eigenvalue weighted by Gasteiger charge is 2.17. The Bertz CT molecular complexity index is 1540. The fourth-order valence-corrected chi connectivity index (χ4v) is 5.16. The van der Waals surface area contributed by atoms with E-state index in [9.17, 15) is 0 Å². The predicted molar refractivity (Wildman–Crippen MR) is 135 cm³/mol. The summed E-state index contributed by atoms with van der Waals surface area (Å²) in [5, 5.41) is 1.96. The average Bonchev–Trinajstić information content (AvgIpc) is 3.52. The summed E-state index contributed by atoms with van der Waals surface area (Å²) in [6.45, 7) is 4.21. The molecule has 0 unspecified atom stereocenters. The lowest BCUT2D eigenvalue weighted by Gasteiger charge is -2.10. The monoisotopic (exact) mass is 434 g/mol. The lowest BCUT2D eigenvalue weighted by molar-refractivity contribution is 0.546. The van der Waals surface area contributed by atoms with E-state index in [0.29, 0.717) is 11.3 Å². The van der Waals surface area contributed by atoms with E-state index in [2.05, 4.69) is 55.2 Å². The molecule has 0 radical (unpaired) electrons. The van der Waals surface area contributed by atoms with Crippen LogP contribution >= 0.6 is 0 Å². The van der Waals surface area contributed by atoms with Gasteiger partial charge < -0.3 is 4.42 Å². The molecule has 0 amide bonds. The molecule has 2 aromatic carbocycles. The number of furan rings is 1. The van der Waals surface area contributed by atoms with Crippen LogP contribution in [0.2, 0.25) is 0 Å². The van der Waals surface area contributed by atoms with Crippen molar-refractivity contribution in [1.29, 1.82) is 0 Å². The zero-order valence-corrected chi connectivity index (χ0v) is 19.1. The first-order valence-corrected chi connectivity index (χ1v) is 11.8. The van der Waals surface area contributed by atoms with Crippen molar-refractivity contribution in [2.75, 3.05) is 0 Å². The third-order valence-electron chi connectivity index (χ3n) is 6.86. The number of rotatable bonds is 4. The second-order valence-electron chi connectivity index (χ2n) is 9.18. The van der Waals surface area contributed by atoms with Crippen LogP contribution in [-0.4, -0.2) is 9.97 Å². The molecule has 0 atom stereocenters. The minimum Gasteiger partial charge on any atom is -0.438 e. The maximum Gasteiger partial charge on any atom is 0.227 e. The smallest absolute Gasteiger partial charge is 0.227 e. The van der Waals surface area contributed by atoms with Gasteiger partial charge in [0.25, 0.3) is 0 Å². The fraction of sp³-hybridized carbons (Fsp3) is 0.267. The van der Waals surface area contributed by atoms with Crippen LogP contribution in [-0.2, 0) is 6.37 Å². The number of benzene rings is 2. The third kappa shape index (κ3) is 3.72. The minimum absolute atomic E-state index is 0.0789. The highest BCUT2D eigenvalue weighted by Crippen LogP contribution is 2.34.